The van der Waals surface area contributed by atoms with Crippen LogP contribution in [0.3, 0.4) is 0 Å². The topological polar surface area (TPSA) is 100 Å². The molecule has 1 aliphatic rings. The zero-order valence-corrected chi connectivity index (χ0v) is 10.0. The van der Waals surface area contributed by atoms with Gasteiger partial charge in [-0.05, 0) is 13.0 Å². The van der Waals surface area contributed by atoms with E-state index in [4.69, 9.17) is 5.84 Å². The van der Waals surface area contributed by atoms with Gasteiger partial charge in [-0.25, -0.2) is 10.8 Å². The normalized spacial score (nSPS) is 20.7. The second-order valence-corrected chi connectivity index (χ2v) is 4.15. The highest BCUT2D eigenvalue weighted by Crippen LogP contribution is 2.16. The third-order valence-corrected chi connectivity index (χ3v) is 2.94. The summed E-state index contributed by atoms with van der Waals surface area (Å²) in [7, 11) is 0. The van der Waals surface area contributed by atoms with Crippen molar-refractivity contribution in [2.45, 2.75) is 19.5 Å². The average molecular weight is 249 g/mol. The highest BCUT2D eigenvalue weighted by molar-refractivity contribution is 6.00. The number of nitrogens with two attached hydrogens (primary N) is 1. The molecule has 0 radical (unpaired) electrons. The van der Waals surface area contributed by atoms with Crippen molar-refractivity contribution in [3.8, 4) is 0 Å². The predicted octanol–water partition coefficient (Wildman–Crippen LogP) is -0.786. The standard InChI is InChI=1S/C11H15N5O2/c1-7-11(18)14-9(17)6-16(7)5-8-3-2-4-13-10(8)15-12/h2-4,7H,5-6,12H2,1H3,(H,13,15)(H,14,17,18). The summed E-state index contributed by atoms with van der Waals surface area (Å²) in [5, 5.41) is 2.30. The van der Waals surface area contributed by atoms with Crippen molar-refractivity contribution in [3.63, 3.8) is 0 Å². The highest BCUT2D eigenvalue weighted by Gasteiger charge is 2.30. The van der Waals surface area contributed by atoms with Crippen LogP contribution in [0.25, 0.3) is 0 Å². The molecule has 2 rings (SSSR count). The molecule has 1 fully saturated rings. The molecule has 1 aromatic rings. The van der Waals surface area contributed by atoms with Crippen LogP contribution >= 0.6 is 0 Å². The SMILES string of the molecule is CC1C(=O)NC(=O)CN1Cc1cccnc1NN. The molecular formula is C11H15N5O2. The molecule has 0 aromatic carbocycles. The minimum atomic E-state index is -0.353. The molecule has 1 unspecified atom stereocenters. The first-order valence-electron chi connectivity index (χ1n) is 5.60. The number of amides is 2. The van der Waals surface area contributed by atoms with Crippen molar-refractivity contribution in [2.24, 2.45) is 5.84 Å². The van der Waals surface area contributed by atoms with E-state index in [1.54, 1.807) is 24.1 Å². The number of nitrogen functional groups attached to an aromatic ring is 1. The maximum Gasteiger partial charge on any atom is 0.243 e. The van der Waals surface area contributed by atoms with E-state index in [2.05, 4.69) is 15.7 Å². The summed E-state index contributed by atoms with van der Waals surface area (Å²) < 4.78 is 0. The van der Waals surface area contributed by atoms with Gasteiger partial charge in [-0.1, -0.05) is 6.07 Å². The Morgan fingerprint density at radius 1 is 1.61 bits per heavy atom. The van der Waals surface area contributed by atoms with E-state index in [-0.39, 0.29) is 24.4 Å². The van der Waals surface area contributed by atoms with E-state index < -0.39 is 0 Å². The number of hydrogen-bond donors (Lipinski definition) is 3. The van der Waals surface area contributed by atoms with Crippen molar-refractivity contribution >= 4 is 17.6 Å². The van der Waals surface area contributed by atoms with Crippen LogP contribution in [0.5, 0.6) is 0 Å². The first kappa shape index (κ1) is 12.5. The molecule has 0 bridgehead atoms. The second-order valence-electron chi connectivity index (χ2n) is 4.15. The van der Waals surface area contributed by atoms with Crippen LogP contribution in [-0.2, 0) is 16.1 Å². The number of carbonyl (C=O) groups is 2. The third-order valence-electron chi connectivity index (χ3n) is 2.94. The van der Waals surface area contributed by atoms with Crippen LogP contribution in [0.4, 0.5) is 5.82 Å². The number of carbonyl (C=O) groups excluding carboxylic acids is 2. The quantitative estimate of drug-likeness (QED) is 0.369. The van der Waals surface area contributed by atoms with E-state index in [1.165, 1.54) is 0 Å². The first-order chi connectivity index (χ1) is 8.61. The van der Waals surface area contributed by atoms with E-state index in [0.717, 1.165) is 5.56 Å². The molecule has 2 amide bonds. The van der Waals surface area contributed by atoms with Crippen molar-refractivity contribution in [3.05, 3.63) is 23.9 Å². The second kappa shape index (κ2) is 5.11. The molecule has 1 atom stereocenters. The van der Waals surface area contributed by atoms with Crippen LogP contribution in [0.15, 0.2) is 18.3 Å². The third kappa shape index (κ3) is 2.47. The van der Waals surface area contributed by atoms with Gasteiger partial charge in [0.15, 0.2) is 0 Å². The molecule has 1 aliphatic heterocycles. The number of rotatable bonds is 3. The van der Waals surface area contributed by atoms with Crippen molar-refractivity contribution in [2.75, 3.05) is 12.0 Å². The van der Waals surface area contributed by atoms with Gasteiger partial charge in [0.25, 0.3) is 0 Å². The zero-order chi connectivity index (χ0) is 13.1. The van der Waals surface area contributed by atoms with Crippen LogP contribution in [-0.4, -0.2) is 34.3 Å². The fourth-order valence-electron chi connectivity index (χ4n) is 1.88. The Hall–Kier alpha value is -1.99. The Bertz CT molecular complexity index is 476. The molecule has 7 nitrogen and oxygen atoms in total. The van der Waals surface area contributed by atoms with Gasteiger partial charge in [0.05, 0.1) is 12.6 Å². The summed E-state index contributed by atoms with van der Waals surface area (Å²) in [6.45, 7) is 2.38. The lowest BCUT2D eigenvalue weighted by molar-refractivity contribution is -0.139. The molecule has 0 saturated carbocycles. The van der Waals surface area contributed by atoms with Crippen molar-refractivity contribution in [1.82, 2.24) is 15.2 Å². The maximum atomic E-state index is 11.5. The minimum absolute atomic E-state index is 0.186. The Balaban J connectivity index is 2.17. The molecule has 1 aromatic heterocycles. The van der Waals surface area contributed by atoms with E-state index in [9.17, 15) is 9.59 Å². The van der Waals surface area contributed by atoms with Gasteiger partial charge < -0.3 is 5.43 Å². The lowest BCUT2D eigenvalue weighted by Crippen LogP contribution is -2.56. The van der Waals surface area contributed by atoms with Crippen molar-refractivity contribution < 1.29 is 9.59 Å². The van der Waals surface area contributed by atoms with Gasteiger partial charge in [-0.3, -0.25) is 19.8 Å². The van der Waals surface area contributed by atoms with E-state index >= 15 is 0 Å². The summed E-state index contributed by atoms with van der Waals surface area (Å²) >= 11 is 0. The zero-order valence-electron chi connectivity index (χ0n) is 10.0. The van der Waals surface area contributed by atoms with Crippen LogP contribution < -0.4 is 16.6 Å². The van der Waals surface area contributed by atoms with Crippen LogP contribution in [0.2, 0.25) is 0 Å². The van der Waals surface area contributed by atoms with Gasteiger partial charge in [-0.2, -0.15) is 0 Å². The smallest absolute Gasteiger partial charge is 0.243 e. The molecule has 4 N–H and O–H groups in total. The molecule has 96 valence electrons. The summed E-state index contributed by atoms with van der Waals surface area (Å²) in [5.74, 6) is 5.34. The number of hydrogen-bond acceptors (Lipinski definition) is 6. The lowest BCUT2D eigenvalue weighted by atomic mass is 10.1. The number of anilines is 1. The van der Waals surface area contributed by atoms with Gasteiger partial charge in [0.2, 0.25) is 11.8 Å². The number of nitrogens with one attached hydrogen (secondary N) is 2. The summed E-state index contributed by atoms with van der Waals surface area (Å²) in [6, 6.07) is 3.28. The molecule has 1 saturated heterocycles. The van der Waals surface area contributed by atoms with Gasteiger partial charge in [0.1, 0.15) is 5.82 Å². The summed E-state index contributed by atoms with van der Waals surface area (Å²) in [5.41, 5.74) is 3.34. The van der Waals surface area contributed by atoms with Gasteiger partial charge in [0, 0.05) is 18.3 Å². The molecule has 18 heavy (non-hydrogen) atoms. The van der Waals surface area contributed by atoms with Crippen LogP contribution in [0, 0.1) is 0 Å². The highest BCUT2D eigenvalue weighted by atomic mass is 16.2. The number of aromatic nitrogens is 1. The number of hydrazine groups is 1. The summed E-state index contributed by atoms with van der Waals surface area (Å²) in [4.78, 5) is 28.7. The summed E-state index contributed by atoms with van der Waals surface area (Å²) in [6.07, 6.45) is 1.62. The molecule has 7 heteroatoms. The minimum Gasteiger partial charge on any atom is -0.308 e. The monoisotopic (exact) mass is 249 g/mol. The van der Waals surface area contributed by atoms with E-state index in [1.807, 2.05) is 6.07 Å². The molecule has 0 spiro atoms. The Kier molecular flexibility index (Phi) is 3.54. The molecular weight excluding hydrogens is 234 g/mol. The Labute approximate surface area is 104 Å². The number of nitrogens with zero attached hydrogens (tertiary/aromatic N) is 2. The number of pyridine rings is 1. The van der Waals surface area contributed by atoms with Crippen LogP contribution in [0.1, 0.15) is 12.5 Å². The molecule has 2 heterocycles. The number of piperazine rings is 1. The van der Waals surface area contributed by atoms with E-state index in [0.29, 0.717) is 12.4 Å². The van der Waals surface area contributed by atoms with Crippen molar-refractivity contribution in [1.29, 1.82) is 0 Å². The predicted molar refractivity (Wildman–Crippen MR) is 65.1 cm³/mol. The van der Waals surface area contributed by atoms with Gasteiger partial charge >= 0.3 is 0 Å². The lowest BCUT2D eigenvalue weighted by Gasteiger charge is -2.31. The fourth-order valence-corrected chi connectivity index (χ4v) is 1.88. The maximum absolute atomic E-state index is 11.5. The van der Waals surface area contributed by atoms with Gasteiger partial charge in [-0.15, -0.1) is 0 Å². The molecule has 0 aliphatic carbocycles. The first-order valence-corrected chi connectivity index (χ1v) is 5.60. The Morgan fingerprint density at radius 3 is 3.11 bits per heavy atom. The Morgan fingerprint density at radius 2 is 2.39 bits per heavy atom. The largest absolute Gasteiger partial charge is 0.308 e. The average Bonchev–Trinajstić information content (AvgIpc) is 2.36. The fraction of sp³-hybridized carbons (Fsp3) is 0.364. The number of imide groups is 1.